The predicted molar refractivity (Wildman–Crippen MR) is 110 cm³/mol. The number of ether oxygens (including phenoxy) is 2. The fourth-order valence-electron chi connectivity index (χ4n) is 4.83. The normalized spacial score (nSPS) is 30.2. The Bertz CT molecular complexity index is 1060. The van der Waals surface area contributed by atoms with Crippen LogP contribution in [-0.2, 0) is 19.5 Å². The first-order valence-electron chi connectivity index (χ1n) is 9.99. The number of rotatable bonds is 3. The summed E-state index contributed by atoms with van der Waals surface area (Å²) < 4.78 is 41.1. The molecule has 1 saturated heterocycles. The average Bonchev–Trinajstić information content (AvgIpc) is 3.15. The summed E-state index contributed by atoms with van der Waals surface area (Å²) in [5.74, 6) is -0.608. The van der Waals surface area contributed by atoms with Crippen LogP contribution in [-0.4, -0.2) is 36.8 Å². The van der Waals surface area contributed by atoms with Crippen LogP contribution in [0.4, 0.5) is 0 Å². The first-order valence-corrected chi connectivity index (χ1v) is 11.4. The molecule has 2 unspecified atom stereocenters. The van der Waals surface area contributed by atoms with E-state index in [1.807, 2.05) is 63.2 Å². The van der Waals surface area contributed by atoms with Gasteiger partial charge in [-0.2, -0.15) is 0 Å². The smallest absolute Gasteiger partial charge is 0.264 e. The summed E-state index contributed by atoms with van der Waals surface area (Å²) in [6.07, 6.45) is 2.06. The highest BCUT2D eigenvalue weighted by Crippen LogP contribution is 2.52. The Morgan fingerprint density at radius 2 is 1.62 bits per heavy atom. The van der Waals surface area contributed by atoms with E-state index in [1.165, 1.54) is 4.31 Å². The van der Waals surface area contributed by atoms with E-state index >= 15 is 0 Å². The van der Waals surface area contributed by atoms with E-state index in [9.17, 15) is 8.42 Å². The molecule has 0 amide bonds. The van der Waals surface area contributed by atoms with Crippen LogP contribution >= 0.6 is 0 Å². The monoisotopic (exact) mass is 411 g/mol. The van der Waals surface area contributed by atoms with Gasteiger partial charge in [0.25, 0.3) is 10.0 Å². The molecule has 6 heteroatoms. The third-order valence-corrected chi connectivity index (χ3v) is 7.93. The Labute approximate surface area is 172 Å². The lowest BCUT2D eigenvalue weighted by molar-refractivity contribution is -0.158. The number of hydrogen-bond donors (Lipinski definition) is 0. The van der Waals surface area contributed by atoms with Crippen molar-refractivity contribution in [2.24, 2.45) is 5.92 Å². The minimum atomic E-state index is -3.71. The third kappa shape index (κ3) is 3.01. The van der Waals surface area contributed by atoms with Gasteiger partial charge in [-0.25, -0.2) is 8.42 Å². The van der Waals surface area contributed by atoms with Gasteiger partial charge >= 0.3 is 0 Å². The SMILES string of the molecule is Cc1ccc(S(=O)(=O)N2C=C(c3ccccc3)[C@@H]3C[C@H]2C2OC(C)(C)OC23)cc1. The zero-order valence-corrected chi connectivity index (χ0v) is 17.6. The molecule has 29 heavy (non-hydrogen) atoms. The molecule has 2 heterocycles. The number of aryl methyl sites for hydroxylation is 1. The van der Waals surface area contributed by atoms with Crippen LogP contribution in [0.2, 0.25) is 0 Å². The van der Waals surface area contributed by atoms with Crippen LogP contribution in [0, 0.1) is 12.8 Å². The number of fused-ring (bicyclic) bond motifs is 5. The van der Waals surface area contributed by atoms with Crippen molar-refractivity contribution in [3.8, 4) is 0 Å². The molecule has 2 aliphatic heterocycles. The Morgan fingerprint density at radius 3 is 2.31 bits per heavy atom. The van der Waals surface area contributed by atoms with Crippen molar-refractivity contribution < 1.29 is 17.9 Å². The van der Waals surface area contributed by atoms with Crippen LogP contribution in [0.5, 0.6) is 0 Å². The lowest BCUT2D eigenvalue weighted by Crippen LogP contribution is -2.44. The highest BCUT2D eigenvalue weighted by Gasteiger charge is 2.59. The highest BCUT2D eigenvalue weighted by atomic mass is 32.2. The van der Waals surface area contributed by atoms with Crippen LogP contribution < -0.4 is 0 Å². The molecule has 0 N–H and O–H groups in total. The van der Waals surface area contributed by atoms with Gasteiger partial charge in [0.1, 0.15) is 6.10 Å². The van der Waals surface area contributed by atoms with Gasteiger partial charge < -0.3 is 9.47 Å². The molecule has 2 bridgehead atoms. The van der Waals surface area contributed by atoms with E-state index in [0.717, 1.165) is 16.7 Å². The molecular weight excluding hydrogens is 386 g/mol. The van der Waals surface area contributed by atoms with E-state index in [4.69, 9.17) is 9.47 Å². The molecular formula is C23H25NO4S. The lowest BCUT2D eigenvalue weighted by Gasteiger charge is -2.35. The molecule has 1 aliphatic carbocycles. The number of benzene rings is 2. The van der Waals surface area contributed by atoms with Gasteiger partial charge in [-0.05, 0) is 50.5 Å². The van der Waals surface area contributed by atoms with Crippen molar-refractivity contribution in [1.29, 1.82) is 0 Å². The van der Waals surface area contributed by atoms with Crippen LogP contribution in [0.25, 0.3) is 5.57 Å². The van der Waals surface area contributed by atoms with Crippen molar-refractivity contribution in [3.63, 3.8) is 0 Å². The minimum absolute atomic E-state index is 0.110. The lowest BCUT2D eigenvalue weighted by atomic mass is 9.89. The summed E-state index contributed by atoms with van der Waals surface area (Å²) in [4.78, 5) is 0.298. The second-order valence-electron chi connectivity index (χ2n) is 8.57. The van der Waals surface area contributed by atoms with E-state index < -0.39 is 15.8 Å². The zero-order chi connectivity index (χ0) is 20.4. The van der Waals surface area contributed by atoms with Gasteiger partial charge in [0.15, 0.2) is 5.79 Å². The fraction of sp³-hybridized carbons (Fsp3) is 0.391. The van der Waals surface area contributed by atoms with Crippen molar-refractivity contribution in [1.82, 2.24) is 4.31 Å². The average molecular weight is 412 g/mol. The van der Waals surface area contributed by atoms with Crippen molar-refractivity contribution >= 4 is 15.6 Å². The molecule has 1 saturated carbocycles. The number of hydrogen-bond acceptors (Lipinski definition) is 4. The Kier molecular flexibility index (Phi) is 4.18. The van der Waals surface area contributed by atoms with E-state index in [0.29, 0.717) is 11.3 Å². The Balaban J connectivity index is 1.63. The molecule has 2 aromatic rings. The summed E-state index contributed by atoms with van der Waals surface area (Å²) in [6.45, 7) is 5.74. The van der Waals surface area contributed by atoms with Crippen molar-refractivity contribution in [2.75, 3.05) is 0 Å². The highest BCUT2D eigenvalue weighted by molar-refractivity contribution is 7.89. The molecule has 0 radical (unpaired) electrons. The van der Waals surface area contributed by atoms with Crippen LogP contribution in [0.1, 0.15) is 31.4 Å². The first kappa shape index (κ1) is 18.9. The largest absolute Gasteiger partial charge is 0.344 e. The first-order chi connectivity index (χ1) is 13.8. The van der Waals surface area contributed by atoms with Crippen molar-refractivity contribution in [2.45, 2.75) is 56.1 Å². The van der Waals surface area contributed by atoms with Gasteiger partial charge in [0.05, 0.1) is 17.0 Å². The standard InChI is InChI=1S/C23H25NO4S/c1-15-9-11-17(12-10-15)29(25,26)24-14-19(16-7-5-4-6-8-16)18-13-20(24)22-21(18)27-23(2,3)28-22/h4-12,14,18,20-22H,13H2,1-3H3/t18-,20-,21?,22?/m0/s1. The number of sulfonamides is 1. The zero-order valence-electron chi connectivity index (χ0n) is 16.8. The van der Waals surface area contributed by atoms with Gasteiger partial charge in [-0.1, -0.05) is 48.0 Å². The Hall–Kier alpha value is -2.15. The molecule has 4 atom stereocenters. The third-order valence-electron chi connectivity index (χ3n) is 6.13. The Morgan fingerprint density at radius 1 is 0.966 bits per heavy atom. The maximum atomic E-state index is 13.6. The molecule has 0 spiro atoms. The van der Waals surface area contributed by atoms with Gasteiger partial charge in [-0.3, -0.25) is 4.31 Å². The second kappa shape index (κ2) is 6.42. The van der Waals surface area contributed by atoms with E-state index in [1.54, 1.807) is 18.3 Å². The molecule has 3 aliphatic rings. The fourth-order valence-corrected chi connectivity index (χ4v) is 6.37. The van der Waals surface area contributed by atoms with Gasteiger partial charge in [-0.15, -0.1) is 0 Å². The summed E-state index contributed by atoms with van der Waals surface area (Å²) in [5, 5.41) is 0. The van der Waals surface area contributed by atoms with Crippen LogP contribution in [0.3, 0.4) is 0 Å². The second-order valence-corrected chi connectivity index (χ2v) is 10.4. The van der Waals surface area contributed by atoms with Crippen LogP contribution in [0.15, 0.2) is 65.7 Å². The topological polar surface area (TPSA) is 55.8 Å². The predicted octanol–water partition coefficient (Wildman–Crippen LogP) is 3.95. The summed E-state index contributed by atoms with van der Waals surface area (Å²) >= 11 is 0. The van der Waals surface area contributed by atoms with E-state index in [-0.39, 0.29) is 24.2 Å². The van der Waals surface area contributed by atoms with Gasteiger partial charge in [0.2, 0.25) is 0 Å². The molecule has 2 fully saturated rings. The molecule has 5 nitrogen and oxygen atoms in total. The van der Waals surface area contributed by atoms with Gasteiger partial charge in [0, 0.05) is 12.1 Å². The summed E-state index contributed by atoms with van der Waals surface area (Å²) in [7, 11) is -3.71. The number of nitrogens with zero attached hydrogens (tertiary/aromatic N) is 1. The molecule has 0 aromatic heterocycles. The van der Waals surface area contributed by atoms with Crippen molar-refractivity contribution in [3.05, 3.63) is 71.9 Å². The van der Waals surface area contributed by atoms with E-state index in [2.05, 4.69) is 0 Å². The minimum Gasteiger partial charge on any atom is -0.344 e. The maximum absolute atomic E-state index is 13.6. The molecule has 5 rings (SSSR count). The summed E-state index contributed by atoms with van der Waals surface area (Å²) in [5.41, 5.74) is 3.04. The maximum Gasteiger partial charge on any atom is 0.264 e. The quantitative estimate of drug-likeness (QED) is 0.767. The summed E-state index contributed by atoms with van der Waals surface area (Å²) in [6, 6.07) is 16.7. The molecule has 152 valence electrons. The molecule has 2 aromatic carbocycles.